The lowest BCUT2D eigenvalue weighted by Crippen LogP contribution is -2.03. The van der Waals surface area contributed by atoms with Crippen LogP contribution in [0.2, 0.25) is 0 Å². The second-order valence-corrected chi connectivity index (χ2v) is 6.70. The molecule has 6 nitrogen and oxygen atoms in total. The molecule has 0 spiro atoms. The summed E-state index contributed by atoms with van der Waals surface area (Å²) in [5.41, 5.74) is 18.0. The number of para-hydroxylation sites is 2. The molecule has 0 radical (unpaired) electrons. The standard InChI is InChI=1S/C23H21FN6/c24-15-7-9-16(10-8-15)28-20-5-1-2-6-21(20)30-23-13-22(18(25)12-19(23)26)29-17-4-3-11-27-14-17/h1-14,28-30H,25-26H2. The van der Waals surface area contributed by atoms with E-state index in [1.807, 2.05) is 42.5 Å². The van der Waals surface area contributed by atoms with E-state index in [1.165, 1.54) is 12.1 Å². The summed E-state index contributed by atoms with van der Waals surface area (Å²) in [4.78, 5) is 4.10. The van der Waals surface area contributed by atoms with Crippen LogP contribution in [0.4, 0.5) is 49.9 Å². The Bertz CT molecular complexity index is 1150. The van der Waals surface area contributed by atoms with Crippen LogP contribution in [-0.2, 0) is 0 Å². The van der Waals surface area contributed by atoms with Gasteiger partial charge in [0, 0.05) is 11.9 Å². The van der Waals surface area contributed by atoms with Gasteiger partial charge in [-0.2, -0.15) is 0 Å². The van der Waals surface area contributed by atoms with Crippen LogP contribution >= 0.6 is 0 Å². The molecule has 4 rings (SSSR count). The summed E-state index contributed by atoms with van der Waals surface area (Å²) in [6.45, 7) is 0. The smallest absolute Gasteiger partial charge is 0.123 e. The van der Waals surface area contributed by atoms with Gasteiger partial charge in [-0.1, -0.05) is 12.1 Å². The van der Waals surface area contributed by atoms with Crippen molar-refractivity contribution in [1.29, 1.82) is 0 Å². The minimum Gasteiger partial charge on any atom is -0.397 e. The minimum atomic E-state index is -0.282. The first-order valence-electron chi connectivity index (χ1n) is 9.33. The van der Waals surface area contributed by atoms with Gasteiger partial charge >= 0.3 is 0 Å². The lowest BCUT2D eigenvalue weighted by atomic mass is 10.1. The molecule has 0 aliphatic rings. The van der Waals surface area contributed by atoms with E-state index < -0.39 is 0 Å². The molecule has 0 saturated carbocycles. The zero-order valence-corrected chi connectivity index (χ0v) is 16.1. The van der Waals surface area contributed by atoms with E-state index >= 15 is 0 Å². The van der Waals surface area contributed by atoms with Gasteiger partial charge in [0.25, 0.3) is 0 Å². The number of nitrogens with two attached hydrogens (primary N) is 2. The van der Waals surface area contributed by atoms with Crippen LogP contribution in [0.25, 0.3) is 0 Å². The SMILES string of the molecule is Nc1cc(N)c(Nc2ccccc2Nc2ccc(F)cc2)cc1Nc1cccnc1. The summed E-state index contributed by atoms with van der Waals surface area (Å²) >= 11 is 0. The van der Waals surface area contributed by atoms with Crippen molar-refractivity contribution in [2.24, 2.45) is 0 Å². The molecule has 3 aromatic carbocycles. The number of hydrogen-bond acceptors (Lipinski definition) is 6. The van der Waals surface area contributed by atoms with Crippen molar-refractivity contribution in [2.75, 3.05) is 27.4 Å². The zero-order chi connectivity index (χ0) is 20.9. The molecule has 7 N–H and O–H groups in total. The fraction of sp³-hybridized carbons (Fsp3) is 0. The Labute approximate surface area is 173 Å². The summed E-state index contributed by atoms with van der Waals surface area (Å²) in [5.74, 6) is -0.282. The molecular formula is C23H21FN6. The van der Waals surface area contributed by atoms with Crippen molar-refractivity contribution in [3.05, 3.63) is 91.0 Å². The van der Waals surface area contributed by atoms with E-state index in [1.54, 1.807) is 30.6 Å². The second-order valence-electron chi connectivity index (χ2n) is 6.70. The molecule has 0 fully saturated rings. The van der Waals surface area contributed by atoms with Crippen molar-refractivity contribution in [1.82, 2.24) is 4.98 Å². The number of benzene rings is 3. The largest absolute Gasteiger partial charge is 0.397 e. The van der Waals surface area contributed by atoms with Crippen LogP contribution < -0.4 is 27.4 Å². The summed E-state index contributed by atoms with van der Waals surface area (Å²) in [7, 11) is 0. The predicted octanol–water partition coefficient (Wildman–Crippen LogP) is 5.62. The predicted molar refractivity (Wildman–Crippen MR) is 122 cm³/mol. The molecule has 0 atom stereocenters. The fourth-order valence-electron chi connectivity index (χ4n) is 2.98. The molecular weight excluding hydrogens is 379 g/mol. The first-order chi connectivity index (χ1) is 14.6. The average molecular weight is 400 g/mol. The Morgan fingerprint density at radius 2 is 1.27 bits per heavy atom. The highest BCUT2D eigenvalue weighted by Crippen LogP contribution is 2.35. The third kappa shape index (κ3) is 4.41. The molecule has 1 heterocycles. The van der Waals surface area contributed by atoms with Crippen LogP contribution in [0.1, 0.15) is 0 Å². The normalized spacial score (nSPS) is 10.4. The maximum atomic E-state index is 13.2. The van der Waals surface area contributed by atoms with Crippen LogP contribution in [-0.4, -0.2) is 4.98 Å². The van der Waals surface area contributed by atoms with Crippen LogP contribution in [0, 0.1) is 5.82 Å². The maximum absolute atomic E-state index is 13.2. The van der Waals surface area contributed by atoms with Gasteiger partial charge in [-0.15, -0.1) is 0 Å². The molecule has 0 aliphatic carbocycles. The highest BCUT2D eigenvalue weighted by molar-refractivity contribution is 5.88. The van der Waals surface area contributed by atoms with Crippen LogP contribution in [0.3, 0.4) is 0 Å². The summed E-state index contributed by atoms with van der Waals surface area (Å²) in [5, 5.41) is 9.89. The lowest BCUT2D eigenvalue weighted by molar-refractivity contribution is 0.628. The third-order valence-electron chi connectivity index (χ3n) is 4.48. The van der Waals surface area contributed by atoms with Gasteiger partial charge in [-0.3, -0.25) is 4.98 Å². The second kappa shape index (κ2) is 8.40. The number of nitrogens with zero attached hydrogens (tertiary/aromatic N) is 1. The maximum Gasteiger partial charge on any atom is 0.123 e. The Hall–Kier alpha value is -4.26. The van der Waals surface area contributed by atoms with Gasteiger partial charge < -0.3 is 27.4 Å². The van der Waals surface area contributed by atoms with Gasteiger partial charge in [0.15, 0.2) is 0 Å². The highest BCUT2D eigenvalue weighted by Gasteiger charge is 2.09. The van der Waals surface area contributed by atoms with Crippen molar-refractivity contribution in [3.8, 4) is 0 Å². The molecule has 0 amide bonds. The number of nitrogens with one attached hydrogen (secondary N) is 3. The Balaban J connectivity index is 1.61. The van der Waals surface area contributed by atoms with Crippen molar-refractivity contribution in [2.45, 2.75) is 0 Å². The average Bonchev–Trinajstić information content (AvgIpc) is 2.75. The van der Waals surface area contributed by atoms with Crippen molar-refractivity contribution < 1.29 is 4.39 Å². The van der Waals surface area contributed by atoms with E-state index in [0.717, 1.165) is 22.7 Å². The lowest BCUT2D eigenvalue weighted by Gasteiger charge is -2.17. The molecule has 0 saturated heterocycles. The van der Waals surface area contributed by atoms with E-state index in [0.29, 0.717) is 22.7 Å². The molecule has 1 aromatic heterocycles. The number of rotatable bonds is 6. The van der Waals surface area contributed by atoms with E-state index in [-0.39, 0.29) is 5.82 Å². The summed E-state index contributed by atoms with van der Waals surface area (Å²) < 4.78 is 13.2. The molecule has 150 valence electrons. The number of hydrogen-bond donors (Lipinski definition) is 5. The number of aromatic nitrogens is 1. The Kier molecular flexibility index (Phi) is 5.34. The summed E-state index contributed by atoms with van der Waals surface area (Å²) in [6.07, 6.45) is 3.42. The number of pyridine rings is 1. The number of nitrogen functional groups attached to an aromatic ring is 2. The fourth-order valence-corrected chi connectivity index (χ4v) is 2.98. The van der Waals surface area contributed by atoms with Crippen molar-refractivity contribution >= 4 is 45.5 Å². The minimum absolute atomic E-state index is 0.282. The summed E-state index contributed by atoms with van der Waals surface area (Å²) in [6, 6.07) is 21.2. The zero-order valence-electron chi connectivity index (χ0n) is 16.1. The molecule has 30 heavy (non-hydrogen) atoms. The van der Waals surface area contributed by atoms with Gasteiger partial charge in [0.2, 0.25) is 0 Å². The molecule has 4 aromatic rings. The Morgan fingerprint density at radius 3 is 1.93 bits per heavy atom. The van der Waals surface area contributed by atoms with Crippen molar-refractivity contribution in [3.63, 3.8) is 0 Å². The highest BCUT2D eigenvalue weighted by atomic mass is 19.1. The first kappa shape index (κ1) is 19.1. The van der Waals surface area contributed by atoms with Crippen LogP contribution in [0.15, 0.2) is 85.2 Å². The quantitative estimate of drug-likeness (QED) is 0.270. The molecule has 0 aliphatic heterocycles. The van der Waals surface area contributed by atoms with Gasteiger partial charge in [-0.05, 0) is 60.7 Å². The third-order valence-corrected chi connectivity index (χ3v) is 4.48. The molecule has 0 unspecified atom stereocenters. The topological polar surface area (TPSA) is 101 Å². The monoisotopic (exact) mass is 400 g/mol. The van der Waals surface area contributed by atoms with Gasteiger partial charge in [-0.25, -0.2) is 4.39 Å². The number of halogens is 1. The first-order valence-corrected chi connectivity index (χ1v) is 9.33. The van der Waals surface area contributed by atoms with Gasteiger partial charge in [0.05, 0.1) is 46.0 Å². The Morgan fingerprint density at radius 1 is 0.633 bits per heavy atom. The van der Waals surface area contributed by atoms with E-state index in [9.17, 15) is 4.39 Å². The molecule has 0 bridgehead atoms. The number of anilines is 8. The van der Waals surface area contributed by atoms with E-state index in [2.05, 4.69) is 20.9 Å². The molecule has 7 heteroatoms. The van der Waals surface area contributed by atoms with E-state index in [4.69, 9.17) is 11.5 Å². The van der Waals surface area contributed by atoms with Gasteiger partial charge in [0.1, 0.15) is 5.82 Å². The van der Waals surface area contributed by atoms with Crippen LogP contribution in [0.5, 0.6) is 0 Å².